The van der Waals surface area contributed by atoms with Crippen LogP contribution >= 0.6 is 0 Å². The van der Waals surface area contributed by atoms with Crippen molar-refractivity contribution in [2.45, 2.75) is 37.8 Å². The highest BCUT2D eigenvalue weighted by molar-refractivity contribution is 5.92. The van der Waals surface area contributed by atoms with Crippen LogP contribution in [-0.4, -0.2) is 56.8 Å². The summed E-state index contributed by atoms with van der Waals surface area (Å²) in [6.45, 7) is 1.52. The zero-order valence-corrected chi connectivity index (χ0v) is 8.61. The SMILES string of the molecule is C[C@@H]1O[C@H](CC(C(=O)O)C(=O)O)C(O)C1O. The molecule has 92 valence electrons. The number of aliphatic hydroxyl groups is 2. The Balaban J connectivity index is 2.66. The molecule has 7 nitrogen and oxygen atoms in total. The molecule has 0 saturated carbocycles. The van der Waals surface area contributed by atoms with Crippen LogP contribution in [0.25, 0.3) is 0 Å². The number of carbonyl (C=O) groups is 2. The van der Waals surface area contributed by atoms with Gasteiger partial charge in [-0.2, -0.15) is 0 Å². The molecule has 16 heavy (non-hydrogen) atoms. The normalized spacial score (nSPS) is 34.2. The van der Waals surface area contributed by atoms with Crippen LogP contribution in [0.1, 0.15) is 13.3 Å². The predicted molar refractivity (Wildman–Crippen MR) is 49.7 cm³/mol. The number of aliphatic carboxylic acids is 2. The van der Waals surface area contributed by atoms with E-state index in [9.17, 15) is 19.8 Å². The van der Waals surface area contributed by atoms with Gasteiger partial charge in [0.25, 0.3) is 0 Å². The molecule has 4 atom stereocenters. The van der Waals surface area contributed by atoms with Gasteiger partial charge < -0.3 is 25.2 Å². The Hall–Kier alpha value is -1.18. The average molecular weight is 234 g/mol. The summed E-state index contributed by atoms with van der Waals surface area (Å²) in [6, 6.07) is 0. The van der Waals surface area contributed by atoms with Gasteiger partial charge in [0.2, 0.25) is 0 Å². The Morgan fingerprint density at radius 3 is 2.00 bits per heavy atom. The summed E-state index contributed by atoms with van der Waals surface area (Å²) in [5.41, 5.74) is 0. The highest BCUT2D eigenvalue weighted by Crippen LogP contribution is 2.26. The largest absolute Gasteiger partial charge is 0.481 e. The number of aliphatic hydroxyl groups excluding tert-OH is 2. The maximum Gasteiger partial charge on any atom is 0.317 e. The Bertz CT molecular complexity index is 276. The summed E-state index contributed by atoms with van der Waals surface area (Å²) in [5, 5.41) is 36.1. The second-order valence-corrected chi connectivity index (χ2v) is 3.83. The van der Waals surface area contributed by atoms with Crippen LogP contribution in [-0.2, 0) is 14.3 Å². The van der Waals surface area contributed by atoms with E-state index in [0.29, 0.717) is 0 Å². The average Bonchev–Trinajstić information content (AvgIpc) is 2.41. The molecule has 0 aromatic heterocycles. The molecule has 0 bridgehead atoms. The molecule has 0 aromatic carbocycles. The second-order valence-electron chi connectivity index (χ2n) is 3.83. The third-order valence-electron chi connectivity index (χ3n) is 2.67. The maximum absolute atomic E-state index is 10.6. The van der Waals surface area contributed by atoms with Crippen LogP contribution in [0, 0.1) is 5.92 Å². The van der Waals surface area contributed by atoms with Crippen LogP contribution in [0.5, 0.6) is 0 Å². The van der Waals surface area contributed by atoms with Crippen molar-refractivity contribution in [2.24, 2.45) is 5.92 Å². The molecule has 1 heterocycles. The maximum atomic E-state index is 10.6. The van der Waals surface area contributed by atoms with Crippen LogP contribution in [0.2, 0.25) is 0 Å². The molecule has 1 rings (SSSR count). The lowest BCUT2D eigenvalue weighted by molar-refractivity contribution is -0.156. The van der Waals surface area contributed by atoms with Crippen molar-refractivity contribution in [2.75, 3.05) is 0 Å². The van der Waals surface area contributed by atoms with Crippen molar-refractivity contribution in [1.29, 1.82) is 0 Å². The van der Waals surface area contributed by atoms with Crippen molar-refractivity contribution < 1.29 is 34.8 Å². The summed E-state index contributed by atoms with van der Waals surface area (Å²) in [5.74, 6) is -4.62. The summed E-state index contributed by atoms with van der Waals surface area (Å²) in [6.07, 6.45) is -4.34. The van der Waals surface area contributed by atoms with E-state index in [1.165, 1.54) is 6.92 Å². The Labute approximate surface area is 91.3 Å². The summed E-state index contributed by atoms with van der Waals surface area (Å²) < 4.78 is 5.09. The van der Waals surface area contributed by atoms with Gasteiger partial charge in [0.15, 0.2) is 5.92 Å². The first-order chi connectivity index (χ1) is 7.34. The Kier molecular flexibility index (Phi) is 3.84. The minimum atomic E-state index is -1.64. The summed E-state index contributed by atoms with van der Waals surface area (Å²) >= 11 is 0. The van der Waals surface area contributed by atoms with Gasteiger partial charge in [0.05, 0.1) is 12.2 Å². The third kappa shape index (κ3) is 2.49. The van der Waals surface area contributed by atoms with E-state index in [2.05, 4.69) is 0 Å². The van der Waals surface area contributed by atoms with E-state index in [1.807, 2.05) is 0 Å². The van der Waals surface area contributed by atoms with Gasteiger partial charge >= 0.3 is 11.9 Å². The molecule has 1 fully saturated rings. The topological polar surface area (TPSA) is 124 Å². The number of carboxylic acids is 2. The third-order valence-corrected chi connectivity index (χ3v) is 2.67. The molecule has 0 aliphatic carbocycles. The van der Waals surface area contributed by atoms with Gasteiger partial charge in [-0.15, -0.1) is 0 Å². The van der Waals surface area contributed by atoms with Crippen molar-refractivity contribution >= 4 is 11.9 Å². The molecule has 0 amide bonds. The number of carboxylic acid groups (broad SMARTS) is 2. The highest BCUT2D eigenvalue weighted by Gasteiger charge is 2.43. The molecule has 1 aliphatic heterocycles. The van der Waals surface area contributed by atoms with Crippen molar-refractivity contribution in [3.63, 3.8) is 0 Å². The number of hydrogen-bond donors (Lipinski definition) is 4. The molecule has 0 aromatic rings. The fourth-order valence-electron chi connectivity index (χ4n) is 1.67. The first-order valence-corrected chi connectivity index (χ1v) is 4.81. The number of rotatable bonds is 4. The van der Waals surface area contributed by atoms with E-state index < -0.39 is 42.3 Å². The lowest BCUT2D eigenvalue weighted by Gasteiger charge is -2.16. The monoisotopic (exact) mass is 234 g/mol. The van der Waals surface area contributed by atoms with Gasteiger partial charge in [-0.25, -0.2) is 0 Å². The van der Waals surface area contributed by atoms with Crippen LogP contribution < -0.4 is 0 Å². The first kappa shape index (κ1) is 12.9. The zero-order valence-electron chi connectivity index (χ0n) is 8.61. The molecule has 7 heteroatoms. The standard InChI is InChI=1S/C9H14O7/c1-3-6(10)7(11)5(16-3)2-4(8(12)13)9(14)15/h3-7,10-11H,2H2,1H3,(H,12,13)(H,14,15)/t3-,5+,6?,7?/m0/s1. The van der Waals surface area contributed by atoms with Crippen LogP contribution in [0.3, 0.4) is 0 Å². The van der Waals surface area contributed by atoms with E-state index >= 15 is 0 Å². The molecule has 0 radical (unpaired) electrons. The minimum Gasteiger partial charge on any atom is -0.481 e. The van der Waals surface area contributed by atoms with Gasteiger partial charge in [0, 0.05) is 6.42 Å². The summed E-state index contributed by atoms with van der Waals surface area (Å²) in [7, 11) is 0. The second kappa shape index (κ2) is 4.77. The van der Waals surface area contributed by atoms with E-state index in [4.69, 9.17) is 14.9 Å². The van der Waals surface area contributed by atoms with Gasteiger partial charge in [-0.1, -0.05) is 0 Å². The summed E-state index contributed by atoms with van der Waals surface area (Å²) in [4.78, 5) is 21.2. The zero-order chi connectivity index (χ0) is 12.5. The Morgan fingerprint density at radius 2 is 1.69 bits per heavy atom. The number of hydrogen-bond acceptors (Lipinski definition) is 5. The van der Waals surface area contributed by atoms with Gasteiger partial charge in [-0.3, -0.25) is 9.59 Å². The first-order valence-electron chi connectivity index (χ1n) is 4.81. The predicted octanol–water partition coefficient (Wildman–Crippen LogP) is -1.33. The molecule has 0 spiro atoms. The molecular formula is C9H14O7. The number of ether oxygens (including phenoxy) is 1. The van der Waals surface area contributed by atoms with Crippen LogP contribution in [0.15, 0.2) is 0 Å². The van der Waals surface area contributed by atoms with Crippen molar-refractivity contribution in [1.82, 2.24) is 0 Å². The molecule has 1 aliphatic rings. The quantitative estimate of drug-likeness (QED) is 0.444. The smallest absolute Gasteiger partial charge is 0.317 e. The molecule has 1 saturated heterocycles. The van der Waals surface area contributed by atoms with Crippen molar-refractivity contribution in [3.05, 3.63) is 0 Å². The highest BCUT2D eigenvalue weighted by atomic mass is 16.5. The minimum absolute atomic E-state index is 0.368. The van der Waals surface area contributed by atoms with Gasteiger partial charge in [-0.05, 0) is 6.92 Å². The fraction of sp³-hybridized carbons (Fsp3) is 0.778. The van der Waals surface area contributed by atoms with Gasteiger partial charge in [0.1, 0.15) is 12.2 Å². The lowest BCUT2D eigenvalue weighted by Crippen LogP contribution is -2.35. The molecular weight excluding hydrogens is 220 g/mol. The fourth-order valence-corrected chi connectivity index (χ4v) is 1.67. The van der Waals surface area contributed by atoms with Crippen molar-refractivity contribution in [3.8, 4) is 0 Å². The molecule has 4 N–H and O–H groups in total. The van der Waals surface area contributed by atoms with Crippen LogP contribution in [0.4, 0.5) is 0 Å². The van der Waals surface area contributed by atoms with E-state index in [-0.39, 0.29) is 6.42 Å². The van der Waals surface area contributed by atoms with E-state index in [0.717, 1.165) is 0 Å². The molecule has 2 unspecified atom stereocenters. The lowest BCUT2D eigenvalue weighted by atomic mass is 9.97. The van der Waals surface area contributed by atoms with E-state index in [1.54, 1.807) is 0 Å². The Morgan fingerprint density at radius 1 is 1.19 bits per heavy atom.